The Morgan fingerprint density at radius 1 is 1.32 bits per heavy atom. The topological polar surface area (TPSA) is 46.9 Å². The molecule has 6 heteroatoms. The number of para-hydroxylation sites is 1. The molecule has 0 atom stereocenters. The summed E-state index contributed by atoms with van der Waals surface area (Å²) in [6, 6.07) is 9.05. The molecule has 0 bridgehead atoms. The standard InChI is InChI=1S/C16H14ClN3OS/c1-10-9-12(11(2)20(10)16-18-7-8-22-16)15(21)19-14-6-4-3-5-13(14)17/h3-9H,1-2H3,(H,19,21). The summed E-state index contributed by atoms with van der Waals surface area (Å²) in [6.45, 7) is 3.87. The zero-order valence-electron chi connectivity index (χ0n) is 12.1. The van der Waals surface area contributed by atoms with Crippen molar-refractivity contribution in [3.8, 4) is 5.13 Å². The van der Waals surface area contributed by atoms with Crippen LogP contribution >= 0.6 is 22.9 Å². The Kier molecular flexibility index (Phi) is 4.00. The highest BCUT2D eigenvalue weighted by Crippen LogP contribution is 2.25. The molecule has 0 aliphatic rings. The summed E-state index contributed by atoms with van der Waals surface area (Å²) in [5, 5.41) is 6.14. The first-order valence-corrected chi connectivity index (χ1v) is 7.98. The molecule has 0 unspecified atom stereocenters. The molecule has 1 amide bonds. The van der Waals surface area contributed by atoms with Gasteiger partial charge in [-0.1, -0.05) is 23.7 Å². The van der Waals surface area contributed by atoms with Crippen LogP contribution < -0.4 is 5.32 Å². The summed E-state index contributed by atoms with van der Waals surface area (Å²) in [6.07, 6.45) is 1.75. The number of aryl methyl sites for hydroxylation is 1. The first-order valence-electron chi connectivity index (χ1n) is 6.72. The average molecular weight is 332 g/mol. The van der Waals surface area contributed by atoms with E-state index in [1.807, 2.05) is 42.0 Å². The summed E-state index contributed by atoms with van der Waals surface area (Å²) < 4.78 is 1.98. The van der Waals surface area contributed by atoms with Crippen molar-refractivity contribution in [2.75, 3.05) is 5.32 Å². The predicted molar refractivity (Wildman–Crippen MR) is 90.3 cm³/mol. The van der Waals surface area contributed by atoms with Gasteiger partial charge in [0.05, 0.1) is 16.3 Å². The molecule has 0 fully saturated rings. The van der Waals surface area contributed by atoms with Gasteiger partial charge in [-0.05, 0) is 32.0 Å². The van der Waals surface area contributed by atoms with Crippen molar-refractivity contribution in [2.24, 2.45) is 0 Å². The minimum absolute atomic E-state index is 0.177. The molecule has 1 N–H and O–H groups in total. The van der Waals surface area contributed by atoms with Gasteiger partial charge in [-0.25, -0.2) is 4.98 Å². The van der Waals surface area contributed by atoms with E-state index < -0.39 is 0 Å². The SMILES string of the molecule is Cc1cc(C(=O)Nc2ccccc2Cl)c(C)n1-c1nccs1. The first kappa shape index (κ1) is 14.8. The van der Waals surface area contributed by atoms with E-state index in [0.717, 1.165) is 16.5 Å². The van der Waals surface area contributed by atoms with E-state index in [0.29, 0.717) is 16.3 Å². The lowest BCUT2D eigenvalue weighted by molar-refractivity contribution is 0.102. The number of hydrogen-bond donors (Lipinski definition) is 1. The quantitative estimate of drug-likeness (QED) is 0.770. The zero-order chi connectivity index (χ0) is 15.7. The molecule has 0 spiro atoms. The van der Waals surface area contributed by atoms with Crippen LogP contribution in [0.4, 0.5) is 5.69 Å². The smallest absolute Gasteiger partial charge is 0.257 e. The number of aromatic nitrogens is 2. The molecule has 4 nitrogen and oxygen atoms in total. The van der Waals surface area contributed by atoms with E-state index in [-0.39, 0.29) is 5.91 Å². The van der Waals surface area contributed by atoms with Gasteiger partial charge >= 0.3 is 0 Å². The molecular formula is C16H14ClN3OS. The normalized spacial score (nSPS) is 10.7. The third kappa shape index (κ3) is 2.65. The second-order valence-corrected chi connectivity index (χ2v) is 6.15. The van der Waals surface area contributed by atoms with E-state index in [2.05, 4.69) is 10.3 Å². The molecule has 3 aromatic rings. The fourth-order valence-corrected chi connectivity index (χ4v) is 3.30. The van der Waals surface area contributed by atoms with E-state index in [1.165, 1.54) is 11.3 Å². The Morgan fingerprint density at radius 3 is 2.77 bits per heavy atom. The largest absolute Gasteiger partial charge is 0.321 e. The van der Waals surface area contributed by atoms with E-state index in [4.69, 9.17) is 11.6 Å². The number of carbonyl (C=O) groups excluding carboxylic acids is 1. The average Bonchev–Trinajstić information content (AvgIpc) is 3.09. The van der Waals surface area contributed by atoms with Crippen LogP contribution in [0.2, 0.25) is 5.02 Å². The third-order valence-electron chi connectivity index (χ3n) is 3.41. The molecule has 2 heterocycles. The predicted octanol–water partition coefficient (Wildman–Crippen LogP) is 4.46. The highest BCUT2D eigenvalue weighted by atomic mass is 35.5. The molecule has 0 saturated carbocycles. The van der Waals surface area contributed by atoms with Crippen LogP contribution in [0.3, 0.4) is 0 Å². The molecule has 0 saturated heterocycles. The molecule has 112 valence electrons. The monoisotopic (exact) mass is 331 g/mol. The second-order valence-electron chi connectivity index (χ2n) is 4.87. The van der Waals surface area contributed by atoms with Crippen molar-refractivity contribution in [2.45, 2.75) is 13.8 Å². The lowest BCUT2D eigenvalue weighted by Crippen LogP contribution is -2.13. The van der Waals surface area contributed by atoms with E-state index >= 15 is 0 Å². The number of nitrogens with zero attached hydrogens (tertiary/aromatic N) is 2. The van der Waals surface area contributed by atoms with Gasteiger partial charge in [-0.15, -0.1) is 11.3 Å². The number of hydrogen-bond acceptors (Lipinski definition) is 3. The number of halogens is 1. The number of anilines is 1. The number of rotatable bonds is 3. The van der Waals surface area contributed by atoms with Crippen LogP contribution in [0.15, 0.2) is 41.9 Å². The van der Waals surface area contributed by atoms with Crippen molar-refractivity contribution >= 4 is 34.5 Å². The fraction of sp³-hybridized carbons (Fsp3) is 0.125. The molecule has 0 radical (unpaired) electrons. The van der Waals surface area contributed by atoms with Crippen molar-refractivity contribution in [3.05, 3.63) is 63.9 Å². The Bertz CT molecular complexity index is 824. The van der Waals surface area contributed by atoms with E-state index in [1.54, 1.807) is 18.3 Å². The van der Waals surface area contributed by atoms with Crippen LogP contribution in [0, 0.1) is 13.8 Å². The summed E-state index contributed by atoms with van der Waals surface area (Å²) >= 11 is 7.62. The lowest BCUT2D eigenvalue weighted by Gasteiger charge is -2.08. The summed E-state index contributed by atoms with van der Waals surface area (Å²) in [5.74, 6) is -0.177. The van der Waals surface area contributed by atoms with Gasteiger partial charge in [-0.2, -0.15) is 0 Å². The molecule has 22 heavy (non-hydrogen) atoms. The van der Waals surface area contributed by atoms with Gasteiger partial charge < -0.3 is 5.32 Å². The van der Waals surface area contributed by atoms with Crippen molar-refractivity contribution < 1.29 is 4.79 Å². The number of thiazole rings is 1. The lowest BCUT2D eigenvalue weighted by atomic mass is 10.2. The van der Waals surface area contributed by atoms with Crippen LogP contribution in [-0.2, 0) is 0 Å². The first-order chi connectivity index (χ1) is 10.6. The summed E-state index contributed by atoms with van der Waals surface area (Å²) in [5.41, 5.74) is 3.05. The molecule has 1 aromatic carbocycles. The summed E-state index contributed by atoms with van der Waals surface area (Å²) in [7, 11) is 0. The Labute approximate surface area is 137 Å². The summed E-state index contributed by atoms with van der Waals surface area (Å²) in [4.78, 5) is 16.8. The Hall–Kier alpha value is -2.11. The third-order valence-corrected chi connectivity index (χ3v) is 4.49. The minimum Gasteiger partial charge on any atom is -0.321 e. The van der Waals surface area contributed by atoms with Crippen molar-refractivity contribution in [3.63, 3.8) is 0 Å². The molecule has 0 aliphatic heterocycles. The van der Waals surface area contributed by atoms with Gasteiger partial charge in [0.1, 0.15) is 0 Å². The van der Waals surface area contributed by atoms with Gasteiger partial charge in [0.15, 0.2) is 5.13 Å². The van der Waals surface area contributed by atoms with E-state index in [9.17, 15) is 4.79 Å². The molecule has 2 aromatic heterocycles. The molecule has 3 rings (SSSR count). The fourth-order valence-electron chi connectivity index (χ4n) is 2.37. The minimum atomic E-state index is -0.177. The van der Waals surface area contributed by atoms with Crippen LogP contribution in [-0.4, -0.2) is 15.5 Å². The van der Waals surface area contributed by atoms with Crippen LogP contribution in [0.1, 0.15) is 21.7 Å². The number of carbonyl (C=O) groups is 1. The number of amides is 1. The molecule has 0 aliphatic carbocycles. The van der Waals surface area contributed by atoms with Gasteiger partial charge in [0, 0.05) is 23.0 Å². The van der Waals surface area contributed by atoms with Crippen LogP contribution in [0.25, 0.3) is 5.13 Å². The zero-order valence-corrected chi connectivity index (χ0v) is 13.7. The maximum absolute atomic E-state index is 12.5. The Balaban J connectivity index is 1.94. The highest BCUT2D eigenvalue weighted by Gasteiger charge is 2.18. The maximum atomic E-state index is 12.5. The van der Waals surface area contributed by atoms with Crippen molar-refractivity contribution in [1.82, 2.24) is 9.55 Å². The van der Waals surface area contributed by atoms with Crippen LogP contribution in [0.5, 0.6) is 0 Å². The second kappa shape index (κ2) is 5.94. The van der Waals surface area contributed by atoms with Gasteiger partial charge in [0.2, 0.25) is 0 Å². The van der Waals surface area contributed by atoms with Gasteiger partial charge in [0.25, 0.3) is 5.91 Å². The van der Waals surface area contributed by atoms with Crippen molar-refractivity contribution in [1.29, 1.82) is 0 Å². The molecular weight excluding hydrogens is 318 g/mol. The number of benzene rings is 1. The van der Waals surface area contributed by atoms with Gasteiger partial charge in [-0.3, -0.25) is 9.36 Å². The maximum Gasteiger partial charge on any atom is 0.257 e. The highest BCUT2D eigenvalue weighted by molar-refractivity contribution is 7.12. The Morgan fingerprint density at radius 2 is 2.09 bits per heavy atom. The number of nitrogens with one attached hydrogen (secondary N) is 1.